The first-order valence-corrected chi connectivity index (χ1v) is 18.9. The number of benzene rings is 8. The number of rotatable bonds is 5. The molecular formula is C49H30N4S. The van der Waals surface area contributed by atoms with Gasteiger partial charge >= 0.3 is 0 Å². The normalized spacial score (nSPS) is 11.7. The molecule has 0 aliphatic carbocycles. The zero-order valence-corrected chi connectivity index (χ0v) is 29.8. The van der Waals surface area contributed by atoms with Crippen LogP contribution in [0.2, 0.25) is 0 Å². The van der Waals surface area contributed by atoms with Crippen LogP contribution >= 0.6 is 11.3 Å². The molecule has 0 aliphatic heterocycles. The molecule has 0 amide bonds. The molecule has 0 spiro atoms. The molecule has 3 aromatic heterocycles. The molecular weight excluding hydrogens is 677 g/mol. The van der Waals surface area contributed by atoms with Crippen molar-refractivity contribution in [3.8, 4) is 51.0 Å². The van der Waals surface area contributed by atoms with E-state index in [1.807, 2.05) is 0 Å². The third kappa shape index (κ3) is 4.94. The van der Waals surface area contributed by atoms with Crippen molar-refractivity contribution < 1.29 is 0 Å². The lowest BCUT2D eigenvalue weighted by Gasteiger charge is -2.11. The Morgan fingerprint density at radius 2 is 1.00 bits per heavy atom. The van der Waals surface area contributed by atoms with Crippen molar-refractivity contribution in [3.05, 3.63) is 182 Å². The Morgan fingerprint density at radius 1 is 0.389 bits per heavy atom. The van der Waals surface area contributed by atoms with E-state index in [0.29, 0.717) is 17.5 Å². The van der Waals surface area contributed by atoms with Gasteiger partial charge in [-0.25, -0.2) is 15.0 Å². The highest BCUT2D eigenvalue weighted by atomic mass is 32.1. The number of nitrogens with zero attached hydrogens (tertiary/aromatic N) is 4. The molecule has 0 saturated carbocycles. The van der Waals surface area contributed by atoms with Crippen LogP contribution in [0.5, 0.6) is 0 Å². The van der Waals surface area contributed by atoms with Gasteiger partial charge in [0.1, 0.15) is 0 Å². The van der Waals surface area contributed by atoms with E-state index < -0.39 is 0 Å². The fourth-order valence-corrected chi connectivity index (χ4v) is 9.12. The molecule has 11 rings (SSSR count). The average molecular weight is 707 g/mol. The number of fused-ring (bicyclic) bond motifs is 7. The van der Waals surface area contributed by atoms with E-state index in [1.54, 1.807) is 11.3 Å². The van der Waals surface area contributed by atoms with Gasteiger partial charge in [-0.3, -0.25) is 0 Å². The van der Waals surface area contributed by atoms with Gasteiger partial charge in [0.25, 0.3) is 0 Å². The maximum Gasteiger partial charge on any atom is 0.165 e. The number of para-hydroxylation sites is 2. The fourth-order valence-electron chi connectivity index (χ4n) is 7.91. The summed E-state index contributed by atoms with van der Waals surface area (Å²) in [4.78, 5) is 15.8. The summed E-state index contributed by atoms with van der Waals surface area (Å²) in [5.74, 6) is 1.95. The molecule has 0 atom stereocenters. The van der Waals surface area contributed by atoms with E-state index in [-0.39, 0.29) is 0 Å². The van der Waals surface area contributed by atoms with Gasteiger partial charge in [-0.2, -0.15) is 0 Å². The van der Waals surface area contributed by atoms with E-state index in [0.717, 1.165) is 49.7 Å². The summed E-state index contributed by atoms with van der Waals surface area (Å²) < 4.78 is 4.75. The highest BCUT2D eigenvalue weighted by Crippen LogP contribution is 2.41. The second-order valence-electron chi connectivity index (χ2n) is 13.6. The van der Waals surface area contributed by atoms with Crippen molar-refractivity contribution in [1.82, 2.24) is 19.5 Å². The molecule has 11 aromatic rings. The number of thiophene rings is 1. The lowest BCUT2D eigenvalue weighted by Crippen LogP contribution is -2.01. The second kappa shape index (κ2) is 12.3. The van der Waals surface area contributed by atoms with Crippen molar-refractivity contribution in [1.29, 1.82) is 0 Å². The highest BCUT2D eigenvalue weighted by molar-refractivity contribution is 7.26. The lowest BCUT2D eigenvalue weighted by atomic mass is 10.00. The molecule has 5 heteroatoms. The second-order valence-corrected chi connectivity index (χ2v) is 14.7. The molecule has 0 N–H and O–H groups in total. The van der Waals surface area contributed by atoms with Crippen LogP contribution in [0.1, 0.15) is 0 Å². The molecule has 3 heterocycles. The third-order valence-electron chi connectivity index (χ3n) is 10.5. The van der Waals surface area contributed by atoms with E-state index >= 15 is 0 Å². The summed E-state index contributed by atoms with van der Waals surface area (Å²) in [7, 11) is 0. The predicted octanol–water partition coefficient (Wildman–Crippen LogP) is 13.2. The fraction of sp³-hybridized carbons (Fsp3) is 0. The molecule has 0 radical (unpaired) electrons. The number of hydrogen-bond acceptors (Lipinski definition) is 4. The van der Waals surface area contributed by atoms with Gasteiger partial charge in [-0.05, 0) is 64.4 Å². The predicted molar refractivity (Wildman–Crippen MR) is 226 cm³/mol. The van der Waals surface area contributed by atoms with Crippen LogP contribution < -0.4 is 0 Å². The smallest absolute Gasteiger partial charge is 0.165 e. The van der Waals surface area contributed by atoms with E-state index in [9.17, 15) is 0 Å². The summed E-state index contributed by atoms with van der Waals surface area (Å²) in [6, 6.07) is 64.4. The van der Waals surface area contributed by atoms with Crippen molar-refractivity contribution >= 4 is 64.1 Å². The quantitative estimate of drug-likeness (QED) is 0.179. The van der Waals surface area contributed by atoms with Gasteiger partial charge in [0.2, 0.25) is 0 Å². The molecule has 54 heavy (non-hydrogen) atoms. The van der Waals surface area contributed by atoms with Crippen LogP contribution in [-0.2, 0) is 0 Å². The van der Waals surface area contributed by atoms with Crippen molar-refractivity contribution in [2.75, 3.05) is 0 Å². The molecule has 0 bridgehead atoms. The first kappa shape index (κ1) is 30.7. The van der Waals surface area contributed by atoms with Gasteiger partial charge in [0, 0.05) is 53.3 Å². The van der Waals surface area contributed by atoms with Gasteiger partial charge in [-0.15, -0.1) is 11.3 Å². The maximum atomic E-state index is 5.33. The largest absolute Gasteiger partial charge is 0.309 e. The molecule has 0 saturated heterocycles. The van der Waals surface area contributed by atoms with E-state index in [4.69, 9.17) is 15.0 Å². The van der Waals surface area contributed by atoms with Crippen molar-refractivity contribution in [2.45, 2.75) is 0 Å². The third-order valence-corrected chi connectivity index (χ3v) is 11.7. The maximum absolute atomic E-state index is 5.33. The zero-order chi connectivity index (χ0) is 35.6. The monoisotopic (exact) mass is 706 g/mol. The molecule has 252 valence electrons. The zero-order valence-electron chi connectivity index (χ0n) is 29.0. The van der Waals surface area contributed by atoms with Gasteiger partial charge in [0.05, 0.1) is 11.0 Å². The minimum atomic E-state index is 0.641. The summed E-state index contributed by atoms with van der Waals surface area (Å²) in [6.45, 7) is 0. The molecule has 0 aliphatic rings. The minimum absolute atomic E-state index is 0.641. The van der Waals surface area contributed by atoms with Crippen LogP contribution in [0.3, 0.4) is 0 Å². The minimum Gasteiger partial charge on any atom is -0.309 e. The SMILES string of the molecule is c1ccc(-n2c3ccccc3c3c(-c4nc(-c5ccc(-c6ccc7ccccc7c6)cc5)nc(-c5cccc6c5sc5ccccc56)n4)cccc32)cc1. The van der Waals surface area contributed by atoms with E-state index in [2.05, 4.69) is 187 Å². The Kier molecular flexibility index (Phi) is 7.00. The first-order chi connectivity index (χ1) is 26.8. The Hall–Kier alpha value is -6.95. The number of aromatic nitrogens is 4. The molecule has 0 unspecified atom stereocenters. The lowest BCUT2D eigenvalue weighted by molar-refractivity contribution is 1.08. The van der Waals surface area contributed by atoms with Crippen molar-refractivity contribution in [3.63, 3.8) is 0 Å². The highest BCUT2D eigenvalue weighted by Gasteiger charge is 2.21. The Morgan fingerprint density at radius 3 is 1.87 bits per heavy atom. The van der Waals surface area contributed by atoms with Crippen molar-refractivity contribution in [2.24, 2.45) is 0 Å². The first-order valence-electron chi connectivity index (χ1n) is 18.1. The Balaban J connectivity index is 1.14. The van der Waals surface area contributed by atoms with E-state index in [1.165, 1.54) is 36.5 Å². The summed E-state index contributed by atoms with van der Waals surface area (Å²) in [6.07, 6.45) is 0. The molecule has 0 fully saturated rings. The Labute approximate surface area is 315 Å². The standard InChI is InChI=1S/C49H30N4S/c1-2-14-36(15-3-1)53-42-21-8-6-17-39(42)45-40(19-11-22-43(45)53)48-50-47(33-27-24-32(25-28-33)35-29-26-31-12-4-5-13-34(31)30-35)51-49(52-48)41-20-10-18-38-37-16-7-9-23-44(37)54-46(38)41/h1-30H. The number of hydrogen-bond donors (Lipinski definition) is 0. The van der Waals surface area contributed by atoms with Crippen LogP contribution in [0, 0.1) is 0 Å². The van der Waals surface area contributed by atoms with Crippen LogP contribution in [-0.4, -0.2) is 19.5 Å². The summed E-state index contributed by atoms with van der Waals surface area (Å²) >= 11 is 1.79. The topological polar surface area (TPSA) is 43.6 Å². The van der Waals surface area contributed by atoms with Gasteiger partial charge < -0.3 is 4.57 Å². The molecule has 8 aromatic carbocycles. The van der Waals surface area contributed by atoms with Gasteiger partial charge in [0.15, 0.2) is 17.5 Å². The van der Waals surface area contributed by atoms with Gasteiger partial charge in [-0.1, -0.05) is 140 Å². The van der Waals surface area contributed by atoms with Crippen LogP contribution in [0.4, 0.5) is 0 Å². The average Bonchev–Trinajstić information content (AvgIpc) is 3.80. The Bertz CT molecular complexity index is 3210. The molecule has 4 nitrogen and oxygen atoms in total. The summed E-state index contributed by atoms with van der Waals surface area (Å²) in [5.41, 5.74) is 8.59. The van der Waals surface area contributed by atoms with Crippen LogP contribution in [0.25, 0.3) is 104 Å². The summed E-state index contributed by atoms with van der Waals surface area (Å²) in [5, 5.41) is 7.19. The van der Waals surface area contributed by atoms with Crippen LogP contribution in [0.15, 0.2) is 182 Å².